The summed E-state index contributed by atoms with van der Waals surface area (Å²) in [5, 5.41) is 8.30. The molecule has 1 aromatic heterocycles. The predicted octanol–water partition coefficient (Wildman–Crippen LogP) is 2.23. The molecule has 0 aliphatic carbocycles. The van der Waals surface area contributed by atoms with Gasteiger partial charge in [0.05, 0.1) is 19.4 Å². The number of hydrogen-bond acceptors (Lipinski definition) is 6. The first-order valence-electron chi connectivity index (χ1n) is 7.80. The fourth-order valence-corrected chi connectivity index (χ4v) is 3.11. The normalized spacial score (nSPS) is 19.0. The minimum absolute atomic E-state index is 0.278. The third-order valence-corrected chi connectivity index (χ3v) is 4.35. The molecular weight excluding hydrogens is 298 g/mol. The Morgan fingerprint density at radius 3 is 2.83 bits per heavy atom. The number of methoxy groups -OCH3 is 1. The average molecular weight is 319 g/mol. The quantitative estimate of drug-likeness (QED) is 0.903. The number of likely N-dealkylation sites (tertiary alicyclic amines) is 1. The summed E-state index contributed by atoms with van der Waals surface area (Å²) < 4.78 is 16.3. The molecular formula is C16H21N3O4. The largest absolute Gasteiger partial charge is 0.484 e. The van der Waals surface area contributed by atoms with Gasteiger partial charge in [0.25, 0.3) is 0 Å². The molecule has 7 heteroatoms. The zero-order valence-corrected chi connectivity index (χ0v) is 13.4. The van der Waals surface area contributed by atoms with Crippen molar-refractivity contribution < 1.29 is 19.0 Å². The molecule has 0 unspecified atom stereocenters. The topological polar surface area (TPSA) is 84.7 Å². The highest BCUT2D eigenvalue weighted by Crippen LogP contribution is 2.39. The Bertz CT molecular complexity index is 624. The van der Waals surface area contributed by atoms with Gasteiger partial charge in [-0.05, 0) is 13.0 Å². The van der Waals surface area contributed by atoms with Crippen molar-refractivity contribution in [1.82, 2.24) is 9.88 Å². The molecule has 1 aromatic rings. The Morgan fingerprint density at radius 1 is 1.43 bits per heavy atom. The molecule has 3 heterocycles. The lowest BCUT2D eigenvalue weighted by atomic mass is 9.83. The Balaban J connectivity index is 1.73. The van der Waals surface area contributed by atoms with Crippen LogP contribution >= 0.6 is 0 Å². The number of piperidine rings is 1. The Labute approximate surface area is 135 Å². The number of rotatable bonds is 2. The van der Waals surface area contributed by atoms with E-state index in [0.29, 0.717) is 62.0 Å². The van der Waals surface area contributed by atoms with E-state index in [1.54, 1.807) is 31.1 Å². The van der Waals surface area contributed by atoms with Crippen molar-refractivity contribution in [1.29, 1.82) is 5.41 Å². The first kappa shape index (κ1) is 15.6. The second-order valence-corrected chi connectivity index (χ2v) is 5.83. The van der Waals surface area contributed by atoms with Crippen LogP contribution in [0.25, 0.3) is 0 Å². The molecule has 2 aliphatic rings. The molecule has 0 radical (unpaired) electrons. The van der Waals surface area contributed by atoms with E-state index < -0.39 is 5.60 Å². The van der Waals surface area contributed by atoms with Crippen molar-refractivity contribution in [2.45, 2.75) is 31.8 Å². The number of pyridine rings is 1. The van der Waals surface area contributed by atoms with Crippen LogP contribution in [-0.2, 0) is 4.74 Å². The second-order valence-electron chi connectivity index (χ2n) is 5.83. The molecule has 2 aliphatic heterocycles. The smallest absolute Gasteiger partial charge is 0.409 e. The molecule has 7 nitrogen and oxygen atoms in total. The van der Waals surface area contributed by atoms with Crippen LogP contribution in [0.1, 0.15) is 31.9 Å². The van der Waals surface area contributed by atoms with Gasteiger partial charge in [0, 0.05) is 38.4 Å². The van der Waals surface area contributed by atoms with Crippen molar-refractivity contribution >= 4 is 11.8 Å². The molecule has 0 bridgehead atoms. The van der Waals surface area contributed by atoms with E-state index in [1.165, 1.54) is 0 Å². The van der Waals surface area contributed by atoms with Gasteiger partial charge >= 0.3 is 6.09 Å². The summed E-state index contributed by atoms with van der Waals surface area (Å²) in [4.78, 5) is 17.8. The lowest BCUT2D eigenvalue weighted by Gasteiger charge is -2.43. The summed E-state index contributed by atoms with van der Waals surface area (Å²) in [6, 6.07) is 3.53. The summed E-state index contributed by atoms with van der Waals surface area (Å²) in [6.07, 6.45) is 1.58. The molecule has 1 N–H and O–H groups in total. The van der Waals surface area contributed by atoms with E-state index in [9.17, 15) is 4.79 Å². The maximum atomic E-state index is 11.8. The fourth-order valence-electron chi connectivity index (χ4n) is 3.11. The first-order chi connectivity index (χ1) is 11.1. The van der Waals surface area contributed by atoms with E-state index in [0.717, 1.165) is 0 Å². The molecule has 124 valence electrons. The van der Waals surface area contributed by atoms with E-state index in [-0.39, 0.29) is 6.09 Å². The average Bonchev–Trinajstić information content (AvgIpc) is 2.55. The molecule has 0 aromatic carbocycles. The summed E-state index contributed by atoms with van der Waals surface area (Å²) in [6.45, 7) is 3.33. The van der Waals surface area contributed by atoms with Gasteiger partial charge < -0.3 is 24.5 Å². The van der Waals surface area contributed by atoms with Gasteiger partial charge in [-0.25, -0.2) is 9.78 Å². The van der Waals surface area contributed by atoms with E-state index >= 15 is 0 Å². The fraction of sp³-hybridized carbons (Fsp3) is 0.562. The monoisotopic (exact) mass is 319 g/mol. The van der Waals surface area contributed by atoms with E-state index in [4.69, 9.17) is 19.6 Å². The van der Waals surface area contributed by atoms with Crippen LogP contribution in [0.3, 0.4) is 0 Å². The molecule has 1 spiro atoms. The number of nitrogens with one attached hydrogen (secondary N) is 1. The maximum Gasteiger partial charge on any atom is 0.409 e. The molecule has 1 amide bonds. The van der Waals surface area contributed by atoms with Gasteiger partial charge in [-0.2, -0.15) is 0 Å². The van der Waals surface area contributed by atoms with Crippen LogP contribution in [0.2, 0.25) is 0 Å². The van der Waals surface area contributed by atoms with Gasteiger partial charge in [-0.15, -0.1) is 0 Å². The van der Waals surface area contributed by atoms with Crippen molar-refractivity contribution in [3.8, 4) is 11.6 Å². The highest BCUT2D eigenvalue weighted by Gasteiger charge is 2.43. The number of amides is 1. The van der Waals surface area contributed by atoms with Gasteiger partial charge in [0.2, 0.25) is 5.88 Å². The van der Waals surface area contributed by atoms with Crippen LogP contribution in [0.5, 0.6) is 11.6 Å². The zero-order valence-electron chi connectivity index (χ0n) is 13.4. The third kappa shape index (κ3) is 2.95. The van der Waals surface area contributed by atoms with Gasteiger partial charge in [-0.3, -0.25) is 0 Å². The minimum atomic E-state index is -0.427. The second kappa shape index (κ2) is 6.06. The summed E-state index contributed by atoms with van der Waals surface area (Å²) in [5.41, 5.74) is 0.570. The van der Waals surface area contributed by atoms with Crippen LogP contribution in [0, 0.1) is 5.41 Å². The van der Waals surface area contributed by atoms with Crippen molar-refractivity contribution in [2.75, 3.05) is 26.8 Å². The lowest BCUT2D eigenvalue weighted by Crippen LogP contribution is -2.52. The first-order valence-corrected chi connectivity index (χ1v) is 7.80. The Hall–Kier alpha value is -2.31. The lowest BCUT2D eigenvalue weighted by molar-refractivity contribution is 0.00158. The summed E-state index contributed by atoms with van der Waals surface area (Å²) in [5.74, 6) is 1.09. The van der Waals surface area contributed by atoms with Crippen LogP contribution < -0.4 is 9.47 Å². The number of aromatic nitrogens is 1. The highest BCUT2D eigenvalue weighted by atomic mass is 16.6. The number of hydrogen-bond donors (Lipinski definition) is 1. The van der Waals surface area contributed by atoms with Gasteiger partial charge in [0.15, 0.2) is 0 Å². The van der Waals surface area contributed by atoms with E-state index in [2.05, 4.69) is 4.98 Å². The van der Waals surface area contributed by atoms with Crippen molar-refractivity contribution in [3.63, 3.8) is 0 Å². The molecule has 3 rings (SSSR count). The standard InChI is InChI=1S/C16H21N3O4/c1-3-22-15(20)19-8-6-16(7-9-19)10-11(17)14-12(23-16)4-5-13(18-14)21-2/h4-5,17H,3,6-10H2,1-2H3. The number of fused-ring (bicyclic) bond motifs is 1. The third-order valence-electron chi connectivity index (χ3n) is 4.35. The summed E-state index contributed by atoms with van der Waals surface area (Å²) in [7, 11) is 1.55. The number of carbonyl (C=O) groups is 1. The minimum Gasteiger partial charge on any atom is -0.484 e. The SMILES string of the molecule is CCOC(=O)N1CCC2(CC1)CC(=N)c1nc(OC)ccc1O2. The molecule has 1 fully saturated rings. The van der Waals surface area contributed by atoms with Crippen LogP contribution in [-0.4, -0.2) is 54.1 Å². The van der Waals surface area contributed by atoms with Gasteiger partial charge in [-0.1, -0.05) is 0 Å². The Kier molecular flexibility index (Phi) is 4.11. The predicted molar refractivity (Wildman–Crippen MR) is 83.4 cm³/mol. The number of ether oxygens (including phenoxy) is 3. The molecule has 0 atom stereocenters. The number of carbonyl (C=O) groups excluding carboxylic acids is 1. The molecule has 0 saturated carbocycles. The Morgan fingerprint density at radius 2 is 2.17 bits per heavy atom. The number of nitrogens with zero attached hydrogens (tertiary/aromatic N) is 2. The summed E-state index contributed by atoms with van der Waals surface area (Å²) >= 11 is 0. The molecule has 23 heavy (non-hydrogen) atoms. The van der Waals surface area contributed by atoms with Gasteiger partial charge in [0.1, 0.15) is 17.0 Å². The highest BCUT2D eigenvalue weighted by molar-refractivity contribution is 6.00. The van der Waals surface area contributed by atoms with Crippen molar-refractivity contribution in [2.24, 2.45) is 0 Å². The van der Waals surface area contributed by atoms with Crippen molar-refractivity contribution in [3.05, 3.63) is 17.8 Å². The zero-order chi connectivity index (χ0) is 16.4. The van der Waals surface area contributed by atoms with Crippen LogP contribution in [0.15, 0.2) is 12.1 Å². The molecule has 1 saturated heterocycles. The van der Waals surface area contributed by atoms with E-state index in [1.807, 2.05) is 0 Å². The van der Waals surface area contributed by atoms with Crippen LogP contribution in [0.4, 0.5) is 4.79 Å². The maximum absolute atomic E-state index is 11.8.